The number of ether oxygens (including phenoxy) is 1. The predicted molar refractivity (Wildman–Crippen MR) is 113 cm³/mol. The van der Waals surface area contributed by atoms with Crippen molar-refractivity contribution >= 4 is 40.7 Å². The molecule has 30 heavy (non-hydrogen) atoms. The minimum absolute atomic E-state index is 0.0495. The van der Waals surface area contributed by atoms with Crippen molar-refractivity contribution in [3.8, 4) is 5.88 Å². The molecule has 2 amide bonds. The molecule has 158 valence electrons. The van der Waals surface area contributed by atoms with Gasteiger partial charge >= 0.3 is 0 Å². The lowest BCUT2D eigenvalue weighted by Gasteiger charge is -2.35. The molecule has 3 N–H and O–H groups in total. The molecule has 9 heteroatoms. The normalized spacial score (nSPS) is 22.5. The smallest absolute Gasteiger partial charge is 0.251 e. The molecule has 1 aliphatic heterocycles. The maximum absolute atomic E-state index is 12.9. The van der Waals surface area contributed by atoms with E-state index in [0.717, 1.165) is 11.3 Å². The van der Waals surface area contributed by atoms with E-state index in [2.05, 4.69) is 15.6 Å². The number of benzene rings is 1. The van der Waals surface area contributed by atoms with Crippen LogP contribution in [-0.2, 0) is 10.2 Å². The topological polar surface area (TPSA) is 101 Å². The third-order valence-corrected chi connectivity index (χ3v) is 6.19. The highest BCUT2D eigenvalue weighted by atomic mass is 35.5. The van der Waals surface area contributed by atoms with E-state index >= 15 is 0 Å². The molecule has 1 spiro atoms. The van der Waals surface area contributed by atoms with Crippen LogP contribution in [0.4, 0.5) is 5.69 Å². The Labute approximate surface area is 183 Å². The van der Waals surface area contributed by atoms with Gasteiger partial charge in [-0.15, -0.1) is 0 Å². The number of aliphatic hydroxyl groups excluding tert-OH is 1. The van der Waals surface area contributed by atoms with Crippen LogP contribution in [0.2, 0.25) is 10.0 Å². The number of hydrogen-bond acceptors (Lipinski definition) is 5. The second-order valence-corrected chi connectivity index (χ2v) is 8.38. The van der Waals surface area contributed by atoms with E-state index in [4.69, 9.17) is 33.0 Å². The highest BCUT2D eigenvalue weighted by Gasteiger charge is 2.49. The molecule has 0 radical (unpaired) electrons. The summed E-state index contributed by atoms with van der Waals surface area (Å²) in [6, 6.07) is 6.79. The van der Waals surface area contributed by atoms with E-state index in [1.807, 2.05) is 0 Å². The van der Waals surface area contributed by atoms with Gasteiger partial charge in [0.25, 0.3) is 5.91 Å². The van der Waals surface area contributed by atoms with Crippen LogP contribution in [0.1, 0.15) is 41.6 Å². The third-order valence-electron chi connectivity index (χ3n) is 5.72. The number of nitrogens with one attached hydrogen (secondary N) is 2. The largest absolute Gasteiger partial charge is 0.473 e. The first-order valence-electron chi connectivity index (χ1n) is 9.76. The number of carbonyl (C=O) groups is 2. The fourth-order valence-corrected chi connectivity index (χ4v) is 4.60. The fraction of sp³-hybridized carbons (Fsp3) is 0.381. The van der Waals surface area contributed by atoms with Crippen LogP contribution in [0.5, 0.6) is 5.88 Å². The Balaban J connectivity index is 1.51. The van der Waals surface area contributed by atoms with Gasteiger partial charge < -0.3 is 20.5 Å². The van der Waals surface area contributed by atoms with Crippen molar-refractivity contribution in [2.45, 2.75) is 37.2 Å². The molecule has 0 saturated heterocycles. The van der Waals surface area contributed by atoms with Crippen molar-refractivity contribution in [3.63, 3.8) is 0 Å². The van der Waals surface area contributed by atoms with Gasteiger partial charge in [-0.3, -0.25) is 9.59 Å². The summed E-state index contributed by atoms with van der Waals surface area (Å²) in [5, 5.41) is 15.3. The first-order chi connectivity index (χ1) is 14.4. The number of hydrogen-bond donors (Lipinski definition) is 3. The summed E-state index contributed by atoms with van der Waals surface area (Å²) >= 11 is 12.0. The third kappa shape index (κ3) is 3.85. The van der Waals surface area contributed by atoms with Crippen molar-refractivity contribution in [2.24, 2.45) is 0 Å². The van der Waals surface area contributed by atoms with E-state index in [-0.39, 0.29) is 31.1 Å². The Kier molecular flexibility index (Phi) is 5.86. The van der Waals surface area contributed by atoms with E-state index < -0.39 is 5.41 Å². The molecule has 4 rings (SSSR count). The van der Waals surface area contributed by atoms with Gasteiger partial charge in [0.15, 0.2) is 0 Å². The van der Waals surface area contributed by atoms with Crippen LogP contribution in [0.3, 0.4) is 0 Å². The number of aromatic nitrogens is 1. The molecular formula is C21H21Cl2N3O4. The standard InChI is InChI=1S/C21H21Cl2N3O4/c22-13-10-16(23)19(25-11-13)30-14-3-5-21(6-4-14)15-9-12(18(28)24-7-8-27)1-2-17(15)26-20(21)29/h1-2,9-11,14,27H,3-8H2,(H,24,28)(H,26,29). The number of pyridine rings is 1. The van der Waals surface area contributed by atoms with Crippen molar-refractivity contribution < 1.29 is 19.4 Å². The van der Waals surface area contributed by atoms with Crippen LogP contribution in [-0.4, -0.2) is 41.2 Å². The van der Waals surface area contributed by atoms with Crippen molar-refractivity contribution in [2.75, 3.05) is 18.5 Å². The highest BCUT2D eigenvalue weighted by Crippen LogP contribution is 2.48. The van der Waals surface area contributed by atoms with Crippen LogP contribution in [0.15, 0.2) is 30.5 Å². The molecule has 1 fully saturated rings. The molecule has 0 unspecified atom stereocenters. The van der Waals surface area contributed by atoms with E-state index in [1.54, 1.807) is 24.3 Å². The Morgan fingerprint density at radius 1 is 1.30 bits per heavy atom. The van der Waals surface area contributed by atoms with Crippen molar-refractivity contribution in [1.82, 2.24) is 10.3 Å². The molecule has 0 bridgehead atoms. The summed E-state index contributed by atoms with van der Waals surface area (Å²) in [7, 11) is 0. The zero-order chi connectivity index (χ0) is 21.3. The molecule has 7 nitrogen and oxygen atoms in total. The Hall–Kier alpha value is -2.35. The molecule has 1 aromatic carbocycles. The summed E-state index contributed by atoms with van der Waals surface area (Å²) < 4.78 is 5.95. The zero-order valence-corrected chi connectivity index (χ0v) is 17.6. The maximum atomic E-state index is 12.9. The van der Waals surface area contributed by atoms with Gasteiger partial charge in [-0.1, -0.05) is 23.2 Å². The Morgan fingerprint density at radius 2 is 2.07 bits per heavy atom. The highest BCUT2D eigenvalue weighted by molar-refractivity contribution is 6.35. The molecule has 2 aliphatic rings. The van der Waals surface area contributed by atoms with Crippen molar-refractivity contribution in [1.29, 1.82) is 0 Å². The minimum atomic E-state index is -0.681. The van der Waals surface area contributed by atoms with Crippen LogP contribution in [0.25, 0.3) is 0 Å². The lowest BCUT2D eigenvalue weighted by molar-refractivity contribution is -0.122. The summed E-state index contributed by atoms with van der Waals surface area (Å²) in [5.74, 6) is 0.00877. The molecule has 1 aromatic heterocycles. The number of carbonyl (C=O) groups excluding carboxylic acids is 2. The summed E-state index contributed by atoms with van der Waals surface area (Å²) in [6.45, 7) is 0.0487. The number of fused-ring (bicyclic) bond motifs is 2. The first-order valence-corrected chi connectivity index (χ1v) is 10.5. The lowest BCUT2D eigenvalue weighted by atomic mass is 9.69. The molecule has 2 aromatic rings. The summed E-state index contributed by atoms with van der Waals surface area (Å²) in [6.07, 6.45) is 3.84. The minimum Gasteiger partial charge on any atom is -0.473 e. The fourth-order valence-electron chi connectivity index (χ4n) is 4.17. The van der Waals surface area contributed by atoms with Gasteiger partial charge in [0.2, 0.25) is 11.8 Å². The second kappa shape index (κ2) is 8.41. The monoisotopic (exact) mass is 449 g/mol. The van der Waals surface area contributed by atoms with Gasteiger partial charge in [0.1, 0.15) is 11.1 Å². The molecule has 0 atom stereocenters. The molecular weight excluding hydrogens is 429 g/mol. The average molecular weight is 450 g/mol. The number of amides is 2. The van der Waals surface area contributed by atoms with Gasteiger partial charge in [-0.05, 0) is 55.5 Å². The number of anilines is 1. The Bertz CT molecular complexity index is 990. The van der Waals surface area contributed by atoms with Crippen LogP contribution < -0.4 is 15.4 Å². The molecule has 1 aliphatic carbocycles. The second-order valence-electron chi connectivity index (χ2n) is 7.53. The molecule has 2 heterocycles. The van der Waals surface area contributed by atoms with Gasteiger partial charge in [-0.2, -0.15) is 0 Å². The van der Waals surface area contributed by atoms with Gasteiger partial charge in [0, 0.05) is 24.0 Å². The van der Waals surface area contributed by atoms with Crippen LogP contribution >= 0.6 is 23.2 Å². The maximum Gasteiger partial charge on any atom is 0.251 e. The lowest BCUT2D eigenvalue weighted by Crippen LogP contribution is -2.41. The summed E-state index contributed by atoms with van der Waals surface area (Å²) in [5.41, 5.74) is 1.36. The number of halogens is 2. The Morgan fingerprint density at radius 3 is 2.77 bits per heavy atom. The zero-order valence-electron chi connectivity index (χ0n) is 16.1. The first kappa shape index (κ1) is 20.9. The van der Waals surface area contributed by atoms with Gasteiger partial charge in [0.05, 0.1) is 17.0 Å². The van der Waals surface area contributed by atoms with Gasteiger partial charge in [-0.25, -0.2) is 4.98 Å². The number of rotatable bonds is 5. The van der Waals surface area contributed by atoms with E-state index in [0.29, 0.717) is 47.2 Å². The molecule has 1 saturated carbocycles. The number of aliphatic hydroxyl groups is 1. The SMILES string of the molecule is O=C(NCCO)c1ccc2c(c1)C1(CCC(Oc3ncc(Cl)cc3Cl)CC1)C(=O)N2. The quantitative estimate of drug-likeness (QED) is 0.649. The van der Waals surface area contributed by atoms with Crippen LogP contribution in [0, 0.1) is 0 Å². The van der Waals surface area contributed by atoms with E-state index in [9.17, 15) is 9.59 Å². The van der Waals surface area contributed by atoms with Crippen molar-refractivity contribution in [3.05, 3.63) is 51.6 Å². The summed E-state index contributed by atoms with van der Waals surface area (Å²) in [4.78, 5) is 29.3. The number of nitrogens with zero attached hydrogens (tertiary/aromatic N) is 1. The van der Waals surface area contributed by atoms with E-state index in [1.165, 1.54) is 6.20 Å². The average Bonchev–Trinajstić information content (AvgIpc) is 3.00. The predicted octanol–water partition coefficient (Wildman–Crippen LogP) is 3.32.